The van der Waals surface area contributed by atoms with Crippen molar-refractivity contribution >= 4 is 19.9 Å². The van der Waals surface area contributed by atoms with Gasteiger partial charge in [0.2, 0.25) is 5.78 Å². The quantitative estimate of drug-likeness (QED) is 0.196. The minimum atomic E-state index is -2.79. The molecule has 0 saturated carbocycles. The molecule has 0 aromatic carbocycles. The Labute approximate surface area is 274 Å². The van der Waals surface area contributed by atoms with Crippen LogP contribution < -0.4 is 9.47 Å². The maximum absolute atomic E-state index is 15.2. The van der Waals surface area contributed by atoms with Gasteiger partial charge < -0.3 is 23.5 Å². The Morgan fingerprint density at radius 1 is 1.07 bits per heavy atom. The van der Waals surface area contributed by atoms with Crippen molar-refractivity contribution in [1.29, 1.82) is 0 Å². The molecular weight excluding hydrogens is 602 g/mol. The summed E-state index contributed by atoms with van der Waals surface area (Å²) in [6.45, 7) is 17.3. The summed E-state index contributed by atoms with van der Waals surface area (Å²) in [6, 6.07) is -0.493. The largest absolute Gasteiger partial charge is 0.508 e. The van der Waals surface area contributed by atoms with E-state index in [2.05, 4.69) is 57.9 Å². The van der Waals surface area contributed by atoms with Gasteiger partial charge in [0.25, 0.3) is 5.88 Å². The number of unbranched alkanes of at least 4 members (excludes halogenated alkanes) is 2. The Balaban J connectivity index is 1.78. The van der Waals surface area contributed by atoms with E-state index in [1.807, 2.05) is 25.9 Å². The van der Waals surface area contributed by atoms with E-state index in [4.69, 9.17) is 18.4 Å². The summed E-state index contributed by atoms with van der Waals surface area (Å²) < 4.78 is 25.2. The number of carbonyl (C=O) groups excluding carboxylic acids is 2. The number of ketones is 2. The minimum absolute atomic E-state index is 0.0982. The number of aliphatic hydroxyl groups is 1. The van der Waals surface area contributed by atoms with E-state index in [1.165, 1.54) is 0 Å². The summed E-state index contributed by atoms with van der Waals surface area (Å²) in [5, 5.41) is 16.7. The summed E-state index contributed by atoms with van der Waals surface area (Å²) in [6.07, 6.45) is 7.57. The number of carbonyl (C=O) groups is 2. The number of aromatic nitrogens is 2. The molecule has 0 saturated heterocycles. The molecule has 0 fully saturated rings. The predicted octanol–water partition coefficient (Wildman–Crippen LogP) is 7.26. The molecule has 3 aliphatic rings. The molecule has 0 amide bonds. The summed E-state index contributed by atoms with van der Waals surface area (Å²) in [5.41, 5.74) is -1.11. The molecule has 252 valence electrons. The minimum Gasteiger partial charge on any atom is -0.508 e. The molecule has 0 radical (unpaired) electrons. The molecule has 5 rings (SSSR count). The molecule has 0 aliphatic heterocycles. The topological polar surface area (TPSA) is 124 Å². The zero-order valence-corrected chi connectivity index (χ0v) is 30.2. The molecule has 2 aromatic rings. The van der Waals surface area contributed by atoms with E-state index in [9.17, 15) is 9.90 Å². The lowest BCUT2D eigenvalue weighted by Crippen LogP contribution is -2.66. The number of Topliss-reactive ketones (excluding diaryl/α,β-unsaturated/α-hetero) is 2. The van der Waals surface area contributed by atoms with Crippen molar-refractivity contribution in [2.24, 2.45) is 11.3 Å². The van der Waals surface area contributed by atoms with Gasteiger partial charge >= 0.3 is 0 Å². The van der Waals surface area contributed by atoms with Gasteiger partial charge in [0.15, 0.2) is 25.5 Å². The molecule has 10 nitrogen and oxygen atoms in total. The highest BCUT2D eigenvalue weighted by atomic mass is 28.4. The van der Waals surface area contributed by atoms with Gasteiger partial charge in [-0.15, -0.1) is 0 Å². The van der Waals surface area contributed by atoms with Gasteiger partial charge in [0.1, 0.15) is 17.1 Å². The van der Waals surface area contributed by atoms with Crippen LogP contribution in [0.25, 0.3) is 0 Å². The van der Waals surface area contributed by atoms with E-state index in [0.29, 0.717) is 43.1 Å². The van der Waals surface area contributed by atoms with Crippen LogP contribution in [0.2, 0.25) is 18.1 Å². The smallest absolute Gasteiger partial charge is 0.265 e. The summed E-state index contributed by atoms with van der Waals surface area (Å²) in [7, 11) is 1.06. The number of allylic oxidation sites excluding steroid dienone is 1. The molecule has 46 heavy (non-hydrogen) atoms. The number of aliphatic hydroxyl groups excluding tert-OH is 1. The third-order valence-corrected chi connectivity index (χ3v) is 15.0. The Kier molecular flexibility index (Phi) is 9.11. The Morgan fingerprint density at radius 2 is 1.72 bits per heavy atom. The zero-order chi connectivity index (χ0) is 33.8. The maximum atomic E-state index is 15.2. The van der Waals surface area contributed by atoms with Crippen LogP contribution in [0.3, 0.4) is 0 Å². The van der Waals surface area contributed by atoms with E-state index in [1.54, 1.807) is 12.4 Å². The van der Waals surface area contributed by atoms with Crippen LogP contribution in [-0.2, 0) is 10.8 Å². The Hall–Kier alpha value is -3.02. The fourth-order valence-corrected chi connectivity index (χ4v) is 8.64. The fraction of sp³-hybridized carbons (Fsp3) is 0.657. The molecule has 11 heteroatoms. The second-order valence-corrected chi connectivity index (χ2v) is 20.0. The first-order valence-corrected chi connectivity index (χ1v) is 19.6. The van der Waals surface area contributed by atoms with Gasteiger partial charge in [0, 0.05) is 23.1 Å². The highest BCUT2D eigenvalue weighted by Gasteiger charge is 2.69. The van der Waals surface area contributed by atoms with Crippen molar-refractivity contribution in [3.05, 3.63) is 46.2 Å². The van der Waals surface area contributed by atoms with Crippen LogP contribution >= 0.6 is 0 Å². The highest BCUT2D eigenvalue weighted by Crippen LogP contribution is 2.62. The molecule has 4 atom stereocenters. The molecule has 2 aromatic heterocycles. The maximum Gasteiger partial charge on any atom is 0.265 e. The van der Waals surface area contributed by atoms with Crippen LogP contribution in [0.15, 0.2) is 28.2 Å². The standard InChI is InChI=1S/C35H51N3O7Si/c1-11-13-15-42-23-20-36-19-21-17-34(6)18-22-27(38(7)8)29-25(32(37-44-29)43-16-14-12-2)30(40)35(22,45-46(9,10)33(3,4)5)31(41)26(34)28(39)24(21)23/h19-20,22,27,41H,11-18H2,1-10H3/t22-,27?,34-,35+/m0/s1. The van der Waals surface area contributed by atoms with Crippen molar-refractivity contribution < 1.29 is 33.1 Å². The average molecular weight is 654 g/mol. The number of fused-ring (bicyclic) bond motifs is 4. The van der Waals surface area contributed by atoms with Crippen LogP contribution in [0.5, 0.6) is 11.6 Å². The number of hydrogen-bond acceptors (Lipinski definition) is 10. The lowest BCUT2D eigenvalue weighted by Gasteiger charge is -2.57. The van der Waals surface area contributed by atoms with Gasteiger partial charge in [-0.1, -0.05) is 54.4 Å². The Morgan fingerprint density at radius 3 is 2.33 bits per heavy atom. The molecule has 0 spiro atoms. The first-order chi connectivity index (χ1) is 21.6. The van der Waals surface area contributed by atoms with Gasteiger partial charge in [-0.2, -0.15) is 0 Å². The second-order valence-electron chi connectivity index (χ2n) is 15.2. The van der Waals surface area contributed by atoms with Crippen LogP contribution in [-0.4, -0.2) is 72.9 Å². The molecule has 3 aliphatic carbocycles. The monoisotopic (exact) mass is 653 g/mol. The molecule has 2 heterocycles. The lowest BCUT2D eigenvalue weighted by atomic mass is 9.53. The van der Waals surface area contributed by atoms with Gasteiger partial charge in [-0.05, 0) is 68.6 Å². The number of nitrogens with zero attached hydrogens (tertiary/aromatic N) is 3. The third-order valence-electron chi connectivity index (χ3n) is 10.6. The molecular formula is C35H51N3O7Si. The van der Waals surface area contributed by atoms with Crippen LogP contribution in [0.4, 0.5) is 0 Å². The van der Waals surface area contributed by atoms with E-state index >= 15 is 4.79 Å². The first kappa shape index (κ1) is 34.3. The Bertz CT molecular complexity index is 1540. The number of hydrogen-bond donors (Lipinski definition) is 1. The van der Waals surface area contributed by atoms with Crippen molar-refractivity contribution in [2.45, 2.75) is 110 Å². The summed E-state index contributed by atoms with van der Waals surface area (Å²) in [5.74, 6) is -0.828. The first-order valence-electron chi connectivity index (χ1n) is 16.7. The van der Waals surface area contributed by atoms with Crippen LogP contribution in [0.1, 0.15) is 112 Å². The van der Waals surface area contributed by atoms with Gasteiger partial charge in [-0.3, -0.25) is 19.5 Å². The number of ether oxygens (including phenoxy) is 2. The number of pyridine rings is 1. The molecule has 1 unspecified atom stereocenters. The van der Waals surface area contributed by atoms with Crippen LogP contribution in [0, 0.1) is 11.3 Å². The predicted molar refractivity (Wildman–Crippen MR) is 177 cm³/mol. The van der Waals surface area contributed by atoms with Gasteiger partial charge in [-0.25, -0.2) is 0 Å². The average Bonchev–Trinajstić information content (AvgIpc) is 3.37. The fourth-order valence-electron chi connectivity index (χ4n) is 7.18. The normalized spacial score (nSPS) is 26.1. The van der Waals surface area contributed by atoms with Crippen molar-refractivity contribution in [3.8, 4) is 11.6 Å². The second kappa shape index (κ2) is 12.2. The lowest BCUT2D eigenvalue weighted by molar-refractivity contribution is -0.0579. The van der Waals surface area contributed by atoms with E-state index in [-0.39, 0.29) is 33.6 Å². The molecule has 1 N–H and O–H groups in total. The summed E-state index contributed by atoms with van der Waals surface area (Å²) >= 11 is 0. The van der Waals surface area contributed by atoms with Gasteiger partial charge in [0.05, 0.1) is 31.0 Å². The van der Waals surface area contributed by atoms with Crippen molar-refractivity contribution in [1.82, 2.24) is 15.0 Å². The number of rotatable bonds is 11. The SMILES string of the molecule is CCCCOc1cncc2c1C(=O)C1=C(O)[C@]3(O[Si](C)(C)C(C)(C)C)C(=O)c4c(OCCCC)noc4C(N(C)C)[C@@H]3C[C@]1(C)C2. The molecule has 0 bridgehead atoms. The van der Waals surface area contributed by atoms with E-state index in [0.717, 1.165) is 31.2 Å². The zero-order valence-electron chi connectivity index (χ0n) is 29.2. The van der Waals surface area contributed by atoms with Crippen molar-refractivity contribution in [3.63, 3.8) is 0 Å². The highest BCUT2D eigenvalue weighted by molar-refractivity contribution is 6.74. The third kappa shape index (κ3) is 5.32. The van der Waals surface area contributed by atoms with E-state index < -0.39 is 37.1 Å². The summed E-state index contributed by atoms with van der Waals surface area (Å²) in [4.78, 5) is 36.3. The van der Waals surface area contributed by atoms with Crippen molar-refractivity contribution in [2.75, 3.05) is 27.3 Å².